The number of ether oxygens (including phenoxy) is 3. The summed E-state index contributed by atoms with van der Waals surface area (Å²) in [6.07, 6.45) is 2.22. The Morgan fingerprint density at radius 1 is 0.833 bits per heavy atom. The van der Waals surface area contributed by atoms with Gasteiger partial charge in [0.15, 0.2) is 6.73 Å². The van der Waals surface area contributed by atoms with E-state index in [0.717, 1.165) is 80.9 Å². The van der Waals surface area contributed by atoms with Gasteiger partial charge in [0.25, 0.3) is 5.24 Å². The van der Waals surface area contributed by atoms with E-state index in [2.05, 4.69) is 33.8 Å². The lowest BCUT2D eigenvalue weighted by atomic mass is 10.00. The molecule has 306 valence electrons. The summed E-state index contributed by atoms with van der Waals surface area (Å²) in [4.78, 5) is 47.0. The summed E-state index contributed by atoms with van der Waals surface area (Å²) in [6.45, 7) is 3.78. The molecular weight excluding hydrogens is 781 g/mol. The lowest BCUT2D eigenvalue weighted by Gasteiger charge is -2.20. The molecule has 2 aromatic heterocycles. The highest BCUT2D eigenvalue weighted by atomic mass is 32.2. The zero-order valence-corrected chi connectivity index (χ0v) is 34.3. The van der Waals surface area contributed by atoms with Crippen molar-refractivity contribution in [3.05, 3.63) is 132 Å². The van der Waals surface area contributed by atoms with E-state index in [-0.39, 0.29) is 30.0 Å². The fraction of sp³-hybridized carbons (Fsp3) is 0.239. The van der Waals surface area contributed by atoms with Crippen LogP contribution in [0, 0.1) is 0 Å². The monoisotopic (exact) mass is 824 g/mol. The number of aromatic nitrogens is 4. The topological polar surface area (TPSA) is 150 Å². The number of imide groups is 1. The average Bonchev–Trinajstić information content (AvgIpc) is 3.89. The van der Waals surface area contributed by atoms with E-state index in [4.69, 9.17) is 24.2 Å². The van der Waals surface area contributed by atoms with Gasteiger partial charge in [0, 0.05) is 32.3 Å². The largest absolute Gasteiger partial charge is 0.492 e. The number of carboxylic acid groups (broad SMARTS) is 1. The van der Waals surface area contributed by atoms with Crippen molar-refractivity contribution >= 4 is 56.6 Å². The molecule has 0 aliphatic carbocycles. The number of thioether (sulfide) groups is 1. The summed E-state index contributed by atoms with van der Waals surface area (Å²) < 4.78 is 22.7. The predicted octanol–water partition coefficient (Wildman–Crippen LogP) is 8.27. The molecule has 2 amide bonds. The molecule has 0 spiro atoms. The molecule has 60 heavy (non-hydrogen) atoms. The third-order valence-electron chi connectivity index (χ3n) is 10.5. The van der Waals surface area contributed by atoms with Gasteiger partial charge in [-0.15, -0.1) is 0 Å². The number of nitrogens with one attached hydrogen (secondary N) is 1. The van der Waals surface area contributed by atoms with Gasteiger partial charge >= 0.3 is 5.97 Å². The molecule has 1 aliphatic rings. The lowest BCUT2D eigenvalue weighted by Crippen LogP contribution is -2.25. The molecule has 7 aromatic rings. The highest BCUT2D eigenvalue weighted by Crippen LogP contribution is 2.29. The first-order valence-corrected chi connectivity index (χ1v) is 20.6. The van der Waals surface area contributed by atoms with Crippen molar-refractivity contribution in [2.75, 3.05) is 25.1 Å². The summed E-state index contributed by atoms with van der Waals surface area (Å²) in [7, 11) is 4.00. The van der Waals surface area contributed by atoms with Gasteiger partial charge in [-0.05, 0) is 90.2 Å². The van der Waals surface area contributed by atoms with Crippen molar-refractivity contribution in [1.82, 2.24) is 24.4 Å². The number of aryl methyl sites for hydroxylation is 2. The molecule has 8 rings (SSSR count). The van der Waals surface area contributed by atoms with Crippen LogP contribution in [-0.4, -0.2) is 66.8 Å². The van der Waals surface area contributed by atoms with Crippen LogP contribution in [0.4, 0.5) is 10.5 Å². The Morgan fingerprint density at radius 3 is 2.28 bits per heavy atom. The normalized spacial score (nSPS) is 13.8. The molecule has 0 bridgehead atoms. The van der Waals surface area contributed by atoms with E-state index in [1.54, 1.807) is 12.1 Å². The number of imidazole rings is 2. The molecule has 14 heteroatoms. The lowest BCUT2D eigenvalue weighted by molar-refractivity contribution is -0.118. The number of carbonyl (C=O) groups excluding carboxylic acids is 2. The van der Waals surface area contributed by atoms with Gasteiger partial charge in [0.2, 0.25) is 5.91 Å². The van der Waals surface area contributed by atoms with Crippen LogP contribution in [0.1, 0.15) is 40.9 Å². The maximum Gasteiger partial charge on any atom is 0.336 e. The molecule has 1 unspecified atom stereocenters. The fourth-order valence-electron chi connectivity index (χ4n) is 7.23. The van der Waals surface area contributed by atoms with Crippen LogP contribution in [0.2, 0.25) is 0 Å². The minimum Gasteiger partial charge on any atom is -0.492 e. The Bertz CT molecular complexity index is 2690. The second-order valence-electron chi connectivity index (χ2n) is 14.6. The van der Waals surface area contributed by atoms with Crippen molar-refractivity contribution in [3.63, 3.8) is 0 Å². The van der Waals surface area contributed by atoms with E-state index in [0.29, 0.717) is 36.6 Å². The predicted molar refractivity (Wildman–Crippen MR) is 232 cm³/mol. The van der Waals surface area contributed by atoms with Crippen LogP contribution in [0.3, 0.4) is 0 Å². The van der Waals surface area contributed by atoms with Gasteiger partial charge in [-0.1, -0.05) is 61.2 Å². The number of fused-ring (bicyclic) bond motifs is 2. The summed E-state index contributed by atoms with van der Waals surface area (Å²) in [5.74, 6) is 2.60. The van der Waals surface area contributed by atoms with Crippen molar-refractivity contribution in [2.24, 2.45) is 7.05 Å². The zero-order chi connectivity index (χ0) is 41.8. The fourth-order valence-corrected chi connectivity index (χ4v) is 8.09. The number of hydrogen-bond acceptors (Lipinski definition) is 10. The Kier molecular flexibility index (Phi) is 11.7. The average molecular weight is 825 g/mol. The third-order valence-corrected chi connectivity index (χ3v) is 11.5. The number of benzene rings is 5. The van der Waals surface area contributed by atoms with Crippen LogP contribution in [0.5, 0.6) is 17.2 Å². The van der Waals surface area contributed by atoms with Crippen LogP contribution in [0.25, 0.3) is 33.2 Å². The molecule has 1 saturated heterocycles. The smallest absolute Gasteiger partial charge is 0.336 e. The van der Waals surface area contributed by atoms with E-state index in [9.17, 15) is 19.5 Å². The maximum absolute atomic E-state index is 11.9. The minimum absolute atomic E-state index is 0.249. The van der Waals surface area contributed by atoms with Crippen LogP contribution in [-0.2, 0) is 38.0 Å². The number of anilines is 1. The number of carboxylic acids is 1. The van der Waals surface area contributed by atoms with E-state index < -0.39 is 11.2 Å². The molecule has 0 saturated carbocycles. The molecular formula is C46H44N6O7S. The van der Waals surface area contributed by atoms with Crippen LogP contribution < -0.4 is 24.4 Å². The SMILES string of the molecule is CCCc1nc2ccc(N(C)CCOc3ccc4nc(COc5ccc(CC6SC(=O)NC6=O)cc5)n(C)c4c3)cc2n1COc1ccc(-c2ccccc2C(=O)O)cc1. The second kappa shape index (κ2) is 17.6. The molecule has 0 radical (unpaired) electrons. The Hall–Kier alpha value is -6.80. The maximum atomic E-state index is 11.9. The molecule has 1 fully saturated rings. The van der Waals surface area contributed by atoms with Crippen LogP contribution in [0.15, 0.2) is 109 Å². The van der Waals surface area contributed by atoms with Gasteiger partial charge in [0.05, 0.1) is 39.4 Å². The number of likely N-dealkylation sites (N-methyl/N-ethyl adjacent to an activating group) is 1. The number of carbonyl (C=O) groups is 3. The van der Waals surface area contributed by atoms with Gasteiger partial charge in [-0.2, -0.15) is 0 Å². The van der Waals surface area contributed by atoms with Crippen LogP contribution >= 0.6 is 11.8 Å². The van der Waals surface area contributed by atoms with Gasteiger partial charge in [0.1, 0.15) is 42.1 Å². The molecule has 1 aliphatic heterocycles. The Morgan fingerprint density at radius 2 is 1.53 bits per heavy atom. The second-order valence-corrected chi connectivity index (χ2v) is 15.7. The van der Waals surface area contributed by atoms with Crippen molar-refractivity contribution < 1.29 is 33.7 Å². The molecule has 1 atom stereocenters. The number of amides is 2. The highest BCUT2D eigenvalue weighted by molar-refractivity contribution is 8.15. The van der Waals surface area contributed by atoms with Crippen molar-refractivity contribution in [2.45, 2.75) is 44.8 Å². The van der Waals surface area contributed by atoms with E-state index >= 15 is 0 Å². The van der Waals surface area contributed by atoms with Gasteiger partial charge < -0.3 is 28.8 Å². The van der Waals surface area contributed by atoms with E-state index in [1.165, 1.54) is 0 Å². The number of rotatable bonds is 17. The van der Waals surface area contributed by atoms with Crippen molar-refractivity contribution in [1.29, 1.82) is 0 Å². The Labute approximate surface area is 350 Å². The quantitative estimate of drug-likeness (QED) is 0.0914. The summed E-state index contributed by atoms with van der Waals surface area (Å²) in [5, 5.41) is 11.2. The molecule has 2 N–H and O–H groups in total. The number of hydrogen-bond donors (Lipinski definition) is 2. The molecule has 3 heterocycles. The molecule has 13 nitrogen and oxygen atoms in total. The Balaban J connectivity index is 0.874. The van der Waals surface area contributed by atoms with E-state index in [1.807, 2.05) is 104 Å². The zero-order valence-electron chi connectivity index (χ0n) is 33.5. The van der Waals surface area contributed by atoms with Crippen molar-refractivity contribution in [3.8, 4) is 28.4 Å². The summed E-state index contributed by atoms with van der Waals surface area (Å²) in [5.41, 5.74) is 7.34. The van der Waals surface area contributed by atoms with Gasteiger partial charge in [-0.3, -0.25) is 19.5 Å². The minimum atomic E-state index is -0.962. The first-order chi connectivity index (χ1) is 29.1. The summed E-state index contributed by atoms with van der Waals surface area (Å²) in [6, 6.07) is 34.1. The number of aromatic carboxylic acids is 1. The third kappa shape index (κ3) is 8.78. The number of nitrogens with zero attached hydrogens (tertiary/aromatic N) is 5. The first-order valence-electron chi connectivity index (χ1n) is 19.7. The highest BCUT2D eigenvalue weighted by Gasteiger charge is 2.31. The summed E-state index contributed by atoms with van der Waals surface area (Å²) >= 11 is 1.02. The van der Waals surface area contributed by atoms with Gasteiger partial charge in [-0.25, -0.2) is 14.8 Å². The first kappa shape index (κ1) is 40.0. The standard InChI is InChI=1S/C46H44N6O7S/c1-4-7-42-47-38-20-14-31(25-40(38)52(42)28-59-33-17-12-30(13-18-33)35-8-5-6-9-36(35)45(54)55)50(2)22-23-57-34-19-21-37-39(26-34)51(3)43(48-37)27-58-32-15-10-29(11-16-32)24-41-44(53)49-46(56)60-41/h5-6,8-21,25-26,41H,4,7,22-24,27-28H2,1-3H3,(H,54,55)(H,49,53,56). The molecule has 5 aromatic carbocycles.